The van der Waals surface area contributed by atoms with Gasteiger partial charge in [0, 0.05) is 42.6 Å². The number of thiazole rings is 1. The summed E-state index contributed by atoms with van der Waals surface area (Å²) in [6.45, 7) is 0. The van der Waals surface area contributed by atoms with Crippen LogP contribution in [0, 0.1) is 0 Å². The van der Waals surface area contributed by atoms with E-state index in [1.165, 1.54) is 44.7 Å². The number of ether oxygens (including phenoxy) is 1. The molecule has 2 heterocycles. The molecule has 2 aromatic heterocycles. The maximum atomic E-state index is 12.7. The summed E-state index contributed by atoms with van der Waals surface area (Å²) >= 11 is 1.46. The highest BCUT2D eigenvalue weighted by molar-refractivity contribution is 7.89. The fourth-order valence-electron chi connectivity index (χ4n) is 3.23. The second kappa shape index (κ2) is 8.73. The van der Waals surface area contributed by atoms with E-state index in [0.29, 0.717) is 5.69 Å². The molecule has 4 aromatic rings. The van der Waals surface area contributed by atoms with E-state index in [2.05, 4.69) is 10.3 Å². The molecular weight excluding hydrogens is 448 g/mol. The number of carbonyl (C=O) groups excluding carboxylic acids is 1. The van der Waals surface area contributed by atoms with Crippen LogP contribution in [0.5, 0.6) is 5.75 Å². The van der Waals surface area contributed by atoms with E-state index in [-0.39, 0.29) is 23.0 Å². The molecule has 0 saturated heterocycles. The Labute approximate surface area is 190 Å². The summed E-state index contributed by atoms with van der Waals surface area (Å²) in [6.07, 6.45) is 2.03. The highest BCUT2D eigenvalue weighted by Gasteiger charge is 2.23. The molecule has 1 N–H and O–H groups in total. The van der Waals surface area contributed by atoms with Gasteiger partial charge in [0.15, 0.2) is 4.96 Å². The lowest BCUT2D eigenvalue weighted by molar-refractivity contribution is -0.115. The predicted molar refractivity (Wildman–Crippen MR) is 125 cm³/mol. The molecule has 10 heteroatoms. The number of sulfonamides is 1. The summed E-state index contributed by atoms with van der Waals surface area (Å²) < 4.78 is 33.4. The molecule has 0 saturated carbocycles. The number of rotatable bonds is 7. The fourth-order valence-corrected chi connectivity index (χ4v) is 5.17. The van der Waals surface area contributed by atoms with Crippen molar-refractivity contribution in [3.63, 3.8) is 0 Å². The molecule has 0 bridgehead atoms. The number of amides is 1. The van der Waals surface area contributed by atoms with Crippen LogP contribution in [-0.2, 0) is 21.2 Å². The maximum Gasteiger partial charge on any atom is 0.246 e. The van der Waals surface area contributed by atoms with Crippen LogP contribution in [0.2, 0.25) is 0 Å². The first-order valence-electron chi connectivity index (χ1n) is 9.71. The van der Waals surface area contributed by atoms with Gasteiger partial charge >= 0.3 is 0 Å². The Balaban J connectivity index is 1.56. The van der Waals surface area contributed by atoms with Crippen molar-refractivity contribution in [2.45, 2.75) is 11.3 Å². The number of hydrogen-bond acceptors (Lipinski definition) is 6. The second-order valence-corrected chi connectivity index (χ2v) is 10.2. The zero-order valence-corrected chi connectivity index (χ0v) is 19.4. The lowest BCUT2D eigenvalue weighted by atomic mass is 10.2. The van der Waals surface area contributed by atoms with Crippen LogP contribution in [0.1, 0.15) is 5.69 Å². The molecule has 0 fully saturated rings. The molecule has 0 unspecified atom stereocenters. The Hall–Kier alpha value is -3.21. The van der Waals surface area contributed by atoms with Gasteiger partial charge in [-0.3, -0.25) is 9.20 Å². The second-order valence-electron chi connectivity index (χ2n) is 7.25. The third-order valence-electron chi connectivity index (χ3n) is 4.90. The van der Waals surface area contributed by atoms with Crippen molar-refractivity contribution in [2.75, 3.05) is 26.5 Å². The molecular formula is C22H22N4O4S2. The van der Waals surface area contributed by atoms with Gasteiger partial charge < -0.3 is 10.1 Å². The highest BCUT2D eigenvalue weighted by atomic mass is 32.2. The van der Waals surface area contributed by atoms with Crippen molar-refractivity contribution in [3.8, 4) is 17.0 Å². The van der Waals surface area contributed by atoms with Gasteiger partial charge in [-0.15, -0.1) is 11.3 Å². The van der Waals surface area contributed by atoms with Crippen molar-refractivity contribution >= 4 is 37.9 Å². The fraction of sp³-hybridized carbons (Fsp3) is 0.182. The molecule has 0 radical (unpaired) electrons. The molecule has 0 atom stereocenters. The molecule has 0 aliphatic heterocycles. The SMILES string of the molecule is COc1ccc(NC(=O)Cc2csc3nc(-c4ccccc4)cn23)cc1S(=O)(=O)N(C)C. The maximum absolute atomic E-state index is 12.7. The monoisotopic (exact) mass is 470 g/mol. The first kappa shape index (κ1) is 22.0. The van der Waals surface area contributed by atoms with Crippen LogP contribution in [0.25, 0.3) is 16.2 Å². The van der Waals surface area contributed by atoms with Gasteiger partial charge in [0.2, 0.25) is 15.9 Å². The molecule has 166 valence electrons. The van der Waals surface area contributed by atoms with Gasteiger partial charge in [-0.25, -0.2) is 17.7 Å². The Kier molecular flexibility index (Phi) is 6.00. The largest absolute Gasteiger partial charge is 0.495 e. The molecule has 4 rings (SSSR count). The van der Waals surface area contributed by atoms with Crippen LogP contribution >= 0.6 is 11.3 Å². The molecule has 0 spiro atoms. The number of nitrogens with zero attached hydrogens (tertiary/aromatic N) is 3. The van der Waals surface area contributed by atoms with Gasteiger partial charge in [0.25, 0.3) is 0 Å². The summed E-state index contributed by atoms with van der Waals surface area (Å²) in [5.41, 5.74) is 3.02. The van der Waals surface area contributed by atoms with E-state index in [9.17, 15) is 13.2 Å². The summed E-state index contributed by atoms with van der Waals surface area (Å²) in [5.74, 6) is -0.0545. The molecule has 2 aromatic carbocycles. The number of imidazole rings is 1. The van der Waals surface area contributed by atoms with Crippen LogP contribution in [0.4, 0.5) is 5.69 Å². The van der Waals surface area contributed by atoms with Gasteiger partial charge in [0.1, 0.15) is 10.6 Å². The summed E-state index contributed by atoms with van der Waals surface area (Å²) in [7, 11) is 0.550. The lowest BCUT2D eigenvalue weighted by Crippen LogP contribution is -2.23. The minimum atomic E-state index is -3.73. The molecule has 32 heavy (non-hydrogen) atoms. The van der Waals surface area contributed by atoms with E-state index in [0.717, 1.165) is 26.2 Å². The Morgan fingerprint density at radius 2 is 1.94 bits per heavy atom. The van der Waals surface area contributed by atoms with Gasteiger partial charge in [-0.1, -0.05) is 30.3 Å². The third-order valence-corrected chi connectivity index (χ3v) is 7.63. The van der Waals surface area contributed by atoms with E-state index < -0.39 is 10.0 Å². The Morgan fingerprint density at radius 3 is 2.62 bits per heavy atom. The predicted octanol–water partition coefficient (Wildman–Crippen LogP) is 3.50. The molecule has 8 nitrogen and oxygen atoms in total. The number of hydrogen-bond donors (Lipinski definition) is 1. The summed E-state index contributed by atoms with van der Waals surface area (Å²) in [4.78, 5) is 18.1. The number of nitrogens with one attached hydrogen (secondary N) is 1. The van der Waals surface area contributed by atoms with Crippen LogP contribution in [-0.4, -0.2) is 49.2 Å². The summed E-state index contributed by atoms with van der Waals surface area (Å²) in [6, 6.07) is 14.4. The highest BCUT2D eigenvalue weighted by Crippen LogP contribution is 2.29. The Morgan fingerprint density at radius 1 is 1.19 bits per heavy atom. The minimum Gasteiger partial charge on any atom is -0.495 e. The summed E-state index contributed by atoms with van der Waals surface area (Å²) in [5, 5.41) is 4.68. The lowest BCUT2D eigenvalue weighted by Gasteiger charge is -2.16. The number of anilines is 1. The van der Waals surface area contributed by atoms with Gasteiger partial charge in [0.05, 0.1) is 19.2 Å². The van der Waals surface area contributed by atoms with Crippen LogP contribution in [0.3, 0.4) is 0 Å². The van der Waals surface area contributed by atoms with Crippen molar-refractivity contribution in [1.29, 1.82) is 0 Å². The van der Waals surface area contributed by atoms with Crippen molar-refractivity contribution in [2.24, 2.45) is 0 Å². The smallest absolute Gasteiger partial charge is 0.246 e. The van der Waals surface area contributed by atoms with E-state index in [1.54, 1.807) is 6.07 Å². The average molecular weight is 471 g/mol. The van der Waals surface area contributed by atoms with E-state index in [4.69, 9.17) is 4.74 Å². The van der Waals surface area contributed by atoms with Crippen molar-refractivity contribution in [3.05, 3.63) is 65.8 Å². The normalized spacial score (nSPS) is 11.8. The number of aromatic nitrogens is 2. The minimum absolute atomic E-state index is 0.0113. The zero-order valence-electron chi connectivity index (χ0n) is 17.8. The third kappa shape index (κ3) is 4.24. The first-order chi connectivity index (χ1) is 15.3. The quantitative estimate of drug-likeness (QED) is 0.446. The van der Waals surface area contributed by atoms with E-state index in [1.807, 2.05) is 46.3 Å². The zero-order chi connectivity index (χ0) is 22.9. The van der Waals surface area contributed by atoms with Crippen molar-refractivity contribution < 1.29 is 17.9 Å². The Bertz CT molecular complexity index is 1380. The molecule has 0 aliphatic carbocycles. The topological polar surface area (TPSA) is 93.0 Å². The molecule has 1 amide bonds. The standard InChI is InChI=1S/C22H22N4O4S2/c1-25(2)32(28,29)20-11-16(9-10-19(20)30-3)23-21(27)12-17-14-31-22-24-18(13-26(17)22)15-7-5-4-6-8-15/h4-11,13-14H,12H2,1-3H3,(H,23,27). The average Bonchev–Trinajstić information content (AvgIpc) is 3.36. The van der Waals surface area contributed by atoms with Crippen LogP contribution in [0.15, 0.2) is 65.0 Å². The van der Waals surface area contributed by atoms with Crippen LogP contribution < -0.4 is 10.1 Å². The van der Waals surface area contributed by atoms with E-state index >= 15 is 0 Å². The first-order valence-corrected chi connectivity index (χ1v) is 12.0. The molecule has 0 aliphatic rings. The number of benzene rings is 2. The number of fused-ring (bicyclic) bond motifs is 1. The van der Waals surface area contributed by atoms with Gasteiger partial charge in [-0.2, -0.15) is 0 Å². The van der Waals surface area contributed by atoms with Gasteiger partial charge in [-0.05, 0) is 18.2 Å². The number of methoxy groups -OCH3 is 1. The number of carbonyl (C=O) groups is 1. The van der Waals surface area contributed by atoms with Crippen molar-refractivity contribution in [1.82, 2.24) is 13.7 Å².